The lowest BCUT2D eigenvalue weighted by Gasteiger charge is -2.11. The predicted octanol–water partition coefficient (Wildman–Crippen LogP) is 2.64. The Kier molecular flexibility index (Phi) is 4.52. The van der Waals surface area contributed by atoms with Crippen LogP contribution < -0.4 is 0 Å². The molecule has 0 saturated heterocycles. The van der Waals surface area contributed by atoms with Crippen molar-refractivity contribution in [3.8, 4) is 0 Å². The van der Waals surface area contributed by atoms with Gasteiger partial charge in [0.05, 0.1) is 13.5 Å². The maximum Gasteiger partial charge on any atom is 0.306 e. The van der Waals surface area contributed by atoms with Crippen molar-refractivity contribution in [3.05, 3.63) is 12.2 Å². The van der Waals surface area contributed by atoms with Crippen LogP contribution in [0.1, 0.15) is 26.2 Å². The lowest BCUT2D eigenvalue weighted by molar-refractivity contribution is -0.141. The van der Waals surface area contributed by atoms with Crippen molar-refractivity contribution in [2.75, 3.05) is 18.6 Å². The van der Waals surface area contributed by atoms with Gasteiger partial charge < -0.3 is 4.74 Å². The van der Waals surface area contributed by atoms with E-state index in [0.29, 0.717) is 6.42 Å². The highest BCUT2D eigenvalue weighted by Crippen LogP contribution is 2.51. The maximum absolute atomic E-state index is 11.1. The van der Waals surface area contributed by atoms with Crippen molar-refractivity contribution >= 4 is 17.7 Å². The summed E-state index contributed by atoms with van der Waals surface area (Å²) in [5.74, 6) is 2.08. The van der Waals surface area contributed by atoms with Crippen LogP contribution in [0.3, 0.4) is 0 Å². The van der Waals surface area contributed by atoms with Crippen LogP contribution in [-0.2, 0) is 9.53 Å². The fourth-order valence-electron chi connectivity index (χ4n) is 1.37. The molecule has 1 saturated carbocycles. The molecule has 0 atom stereocenters. The first-order valence-corrected chi connectivity index (χ1v) is 6.14. The minimum absolute atomic E-state index is 0.0610. The molecule has 3 heteroatoms. The average Bonchev–Trinajstić information content (AvgIpc) is 2.93. The van der Waals surface area contributed by atoms with E-state index >= 15 is 0 Å². The number of rotatable bonds is 6. The Balaban J connectivity index is 2.18. The summed E-state index contributed by atoms with van der Waals surface area (Å²) in [6.07, 6.45) is 7.19. The molecule has 0 spiro atoms. The summed E-state index contributed by atoms with van der Waals surface area (Å²) < 4.78 is 4.69. The number of hydrogen-bond donors (Lipinski definition) is 0. The normalized spacial score (nSPS) is 18.4. The maximum atomic E-state index is 11.1. The number of carbonyl (C=O) groups excluding carboxylic acids is 1. The van der Waals surface area contributed by atoms with E-state index in [2.05, 4.69) is 12.2 Å². The third-order valence-electron chi connectivity index (χ3n) is 2.56. The zero-order valence-electron chi connectivity index (χ0n) is 8.91. The van der Waals surface area contributed by atoms with Crippen LogP contribution in [0, 0.1) is 5.41 Å². The van der Waals surface area contributed by atoms with Crippen LogP contribution in [0.15, 0.2) is 12.2 Å². The summed E-state index contributed by atoms with van der Waals surface area (Å²) in [6.45, 7) is 2.03. The molecule has 0 unspecified atom stereocenters. The van der Waals surface area contributed by atoms with Gasteiger partial charge in [0.2, 0.25) is 0 Å². The molecule has 1 rings (SSSR count). The first-order valence-electron chi connectivity index (χ1n) is 4.98. The van der Waals surface area contributed by atoms with Gasteiger partial charge in [-0.3, -0.25) is 4.79 Å². The number of esters is 1. The van der Waals surface area contributed by atoms with Gasteiger partial charge in [-0.25, -0.2) is 0 Å². The van der Waals surface area contributed by atoms with E-state index in [9.17, 15) is 4.79 Å². The van der Waals surface area contributed by atoms with E-state index in [1.54, 1.807) is 0 Å². The quantitative estimate of drug-likeness (QED) is 0.386. The summed E-state index contributed by atoms with van der Waals surface area (Å²) in [7, 11) is 1.46. The lowest BCUT2D eigenvalue weighted by Crippen LogP contribution is -2.13. The lowest BCUT2D eigenvalue weighted by atomic mass is 10.1. The molecule has 0 N–H and O–H groups in total. The Labute approximate surface area is 90.1 Å². The summed E-state index contributed by atoms with van der Waals surface area (Å²) in [6, 6.07) is 0. The van der Waals surface area contributed by atoms with Crippen LogP contribution in [0.5, 0.6) is 0 Å². The van der Waals surface area contributed by atoms with E-state index in [-0.39, 0.29) is 11.4 Å². The molecule has 0 aliphatic heterocycles. The SMILES string of the molecule is C/C=C/CSCC1(CC(=O)OC)CC1. The van der Waals surface area contributed by atoms with Gasteiger partial charge in [-0.1, -0.05) is 12.2 Å². The van der Waals surface area contributed by atoms with Crippen molar-refractivity contribution in [1.29, 1.82) is 0 Å². The predicted molar refractivity (Wildman–Crippen MR) is 60.4 cm³/mol. The largest absolute Gasteiger partial charge is 0.469 e. The third-order valence-corrected chi connectivity index (χ3v) is 3.81. The van der Waals surface area contributed by atoms with Crippen molar-refractivity contribution in [3.63, 3.8) is 0 Å². The van der Waals surface area contributed by atoms with E-state index in [0.717, 1.165) is 11.5 Å². The second kappa shape index (κ2) is 5.44. The Morgan fingerprint density at radius 3 is 2.79 bits per heavy atom. The van der Waals surface area contributed by atoms with Gasteiger partial charge in [-0.15, -0.1) is 0 Å². The summed E-state index contributed by atoms with van der Waals surface area (Å²) in [5.41, 5.74) is 0.277. The number of carbonyl (C=O) groups is 1. The molecular weight excluding hydrogens is 196 g/mol. The highest BCUT2D eigenvalue weighted by atomic mass is 32.2. The van der Waals surface area contributed by atoms with E-state index < -0.39 is 0 Å². The van der Waals surface area contributed by atoms with E-state index in [1.165, 1.54) is 20.0 Å². The zero-order valence-corrected chi connectivity index (χ0v) is 9.73. The van der Waals surface area contributed by atoms with Gasteiger partial charge in [0.25, 0.3) is 0 Å². The standard InChI is InChI=1S/C11H18O2S/c1-3-4-7-14-9-11(5-6-11)8-10(12)13-2/h3-4H,5-9H2,1-2H3/b4-3+. The average molecular weight is 214 g/mol. The molecule has 1 aliphatic rings. The van der Waals surface area contributed by atoms with Crippen molar-refractivity contribution in [1.82, 2.24) is 0 Å². The fourth-order valence-corrected chi connectivity index (χ4v) is 2.64. The molecule has 0 aromatic heterocycles. The molecule has 0 heterocycles. The minimum atomic E-state index is -0.0610. The van der Waals surface area contributed by atoms with Crippen LogP contribution >= 0.6 is 11.8 Å². The van der Waals surface area contributed by atoms with Crippen molar-refractivity contribution in [2.24, 2.45) is 5.41 Å². The third kappa shape index (κ3) is 3.74. The van der Waals surface area contributed by atoms with Crippen LogP contribution in [0.25, 0.3) is 0 Å². The molecule has 0 amide bonds. The smallest absolute Gasteiger partial charge is 0.306 e. The van der Waals surface area contributed by atoms with Gasteiger partial charge in [0, 0.05) is 5.75 Å². The Bertz CT molecular complexity index is 219. The van der Waals surface area contributed by atoms with Gasteiger partial charge in [-0.05, 0) is 30.9 Å². The highest BCUT2D eigenvalue weighted by molar-refractivity contribution is 7.99. The molecule has 2 nitrogen and oxygen atoms in total. The van der Waals surface area contributed by atoms with E-state index in [4.69, 9.17) is 4.74 Å². The first-order chi connectivity index (χ1) is 6.72. The molecule has 0 aromatic carbocycles. The number of ether oxygens (including phenoxy) is 1. The minimum Gasteiger partial charge on any atom is -0.469 e. The zero-order chi connectivity index (χ0) is 10.4. The Morgan fingerprint density at radius 2 is 2.29 bits per heavy atom. The van der Waals surface area contributed by atoms with Crippen LogP contribution in [0.2, 0.25) is 0 Å². The highest BCUT2D eigenvalue weighted by Gasteiger charge is 2.44. The summed E-state index contributed by atoms with van der Waals surface area (Å²) in [4.78, 5) is 11.1. The first kappa shape index (κ1) is 11.6. The Morgan fingerprint density at radius 1 is 1.57 bits per heavy atom. The van der Waals surface area contributed by atoms with Crippen LogP contribution in [0.4, 0.5) is 0 Å². The topological polar surface area (TPSA) is 26.3 Å². The molecule has 1 aliphatic carbocycles. The second-order valence-corrected chi connectivity index (χ2v) is 4.87. The molecular formula is C11H18O2S. The second-order valence-electron chi connectivity index (χ2n) is 3.84. The summed E-state index contributed by atoms with van der Waals surface area (Å²) >= 11 is 1.91. The van der Waals surface area contributed by atoms with Gasteiger partial charge in [0.1, 0.15) is 0 Å². The van der Waals surface area contributed by atoms with Crippen molar-refractivity contribution in [2.45, 2.75) is 26.2 Å². The van der Waals surface area contributed by atoms with Crippen molar-refractivity contribution < 1.29 is 9.53 Å². The number of methoxy groups -OCH3 is 1. The summed E-state index contributed by atoms with van der Waals surface area (Å²) in [5, 5.41) is 0. The monoisotopic (exact) mass is 214 g/mol. The Hall–Kier alpha value is -0.440. The number of thioether (sulfide) groups is 1. The number of hydrogen-bond acceptors (Lipinski definition) is 3. The molecule has 80 valence electrons. The van der Waals surface area contributed by atoms with Gasteiger partial charge >= 0.3 is 5.97 Å². The van der Waals surface area contributed by atoms with E-state index in [1.807, 2.05) is 18.7 Å². The molecule has 0 bridgehead atoms. The fraction of sp³-hybridized carbons (Fsp3) is 0.727. The molecule has 0 aromatic rings. The number of allylic oxidation sites excluding steroid dienone is 1. The molecule has 14 heavy (non-hydrogen) atoms. The van der Waals surface area contributed by atoms with Gasteiger partial charge in [-0.2, -0.15) is 11.8 Å². The molecule has 1 fully saturated rings. The van der Waals surface area contributed by atoms with Crippen LogP contribution in [-0.4, -0.2) is 24.6 Å². The van der Waals surface area contributed by atoms with Gasteiger partial charge in [0.15, 0.2) is 0 Å². The molecule has 0 radical (unpaired) electrons.